The Morgan fingerprint density at radius 1 is 0.840 bits per heavy atom. The van der Waals surface area contributed by atoms with Crippen LogP contribution in [0.4, 0.5) is 4.79 Å². The number of carbonyl (C=O) groups is 2. The highest BCUT2D eigenvalue weighted by Crippen LogP contribution is 2.26. The molecule has 2 aromatic carbocycles. The van der Waals surface area contributed by atoms with Crippen LogP contribution < -0.4 is 16.0 Å². The van der Waals surface area contributed by atoms with Crippen molar-refractivity contribution in [2.75, 3.05) is 7.05 Å². The molecular formula is C20H25N3O2. The maximum atomic E-state index is 12.7. The number of hydrogen-bond acceptors (Lipinski definition) is 3. The second-order valence-electron chi connectivity index (χ2n) is 6.21. The molecule has 0 aliphatic heterocycles. The van der Waals surface area contributed by atoms with Crippen LogP contribution in [0.1, 0.15) is 37.1 Å². The predicted octanol–water partition coefficient (Wildman–Crippen LogP) is 3.17. The molecule has 0 fully saturated rings. The summed E-state index contributed by atoms with van der Waals surface area (Å²) >= 11 is 0. The van der Waals surface area contributed by atoms with Gasteiger partial charge in [-0.2, -0.15) is 0 Å². The molecule has 0 spiro atoms. The summed E-state index contributed by atoms with van der Waals surface area (Å²) in [6, 6.07) is 18.2. The lowest BCUT2D eigenvalue weighted by Gasteiger charge is -2.28. The van der Waals surface area contributed by atoms with Crippen molar-refractivity contribution in [2.45, 2.75) is 25.9 Å². The van der Waals surface area contributed by atoms with Gasteiger partial charge in [0.1, 0.15) is 6.04 Å². The van der Waals surface area contributed by atoms with Crippen LogP contribution in [0.2, 0.25) is 0 Å². The van der Waals surface area contributed by atoms with Gasteiger partial charge < -0.3 is 5.32 Å². The maximum absolute atomic E-state index is 12.7. The van der Waals surface area contributed by atoms with E-state index in [2.05, 4.69) is 29.8 Å². The Labute approximate surface area is 148 Å². The number of amides is 3. The molecule has 0 aliphatic rings. The molecule has 2 aromatic rings. The first-order valence-electron chi connectivity index (χ1n) is 8.41. The van der Waals surface area contributed by atoms with E-state index < -0.39 is 12.1 Å². The molecule has 0 bridgehead atoms. The molecule has 2 rings (SSSR count). The van der Waals surface area contributed by atoms with Crippen molar-refractivity contribution in [1.29, 1.82) is 0 Å². The fourth-order valence-corrected chi connectivity index (χ4v) is 2.73. The van der Waals surface area contributed by atoms with Crippen LogP contribution in [0, 0.1) is 5.92 Å². The summed E-state index contributed by atoms with van der Waals surface area (Å²) in [6.45, 7) is 4.20. The fourth-order valence-electron chi connectivity index (χ4n) is 2.73. The van der Waals surface area contributed by atoms with Crippen molar-refractivity contribution in [1.82, 2.24) is 16.0 Å². The van der Waals surface area contributed by atoms with E-state index in [1.54, 1.807) is 0 Å². The molecule has 3 amide bonds. The van der Waals surface area contributed by atoms with Crippen LogP contribution in [-0.2, 0) is 4.79 Å². The standard InChI is InChI=1S/C20H25N3O2/c1-14(2)17(15-10-6-4-7-11-15)22-18(16-12-8-5-9-13-16)19(24)23-20(25)21-3/h4-14,17-18,22H,1-3H3,(H2,21,23,24,25)/t17-,18+/m0/s1. The first-order valence-corrected chi connectivity index (χ1v) is 8.41. The normalized spacial score (nSPS) is 13.1. The van der Waals surface area contributed by atoms with E-state index in [1.807, 2.05) is 60.7 Å². The van der Waals surface area contributed by atoms with E-state index in [9.17, 15) is 9.59 Å². The summed E-state index contributed by atoms with van der Waals surface area (Å²) in [7, 11) is 1.48. The third kappa shape index (κ3) is 5.16. The summed E-state index contributed by atoms with van der Waals surface area (Å²) in [5, 5.41) is 8.21. The molecule has 0 unspecified atom stereocenters. The second kappa shape index (κ2) is 8.99. The topological polar surface area (TPSA) is 70.2 Å². The smallest absolute Gasteiger partial charge is 0.321 e. The van der Waals surface area contributed by atoms with Crippen molar-refractivity contribution < 1.29 is 9.59 Å². The molecule has 0 heterocycles. The average Bonchev–Trinajstić information content (AvgIpc) is 2.63. The van der Waals surface area contributed by atoms with E-state index in [-0.39, 0.29) is 17.9 Å². The number of carbonyl (C=O) groups excluding carboxylic acids is 2. The number of hydrogen-bond donors (Lipinski definition) is 3. The molecule has 0 aliphatic carbocycles. The minimum atomic E-state index is -0.633. The number of nitrogens with one attached hydrogen (secondary N) is 3. The summed E-state index contributed by atoms with van der Waals surface area (Å²) in [5.41, 5.74) is 1.91. The van der Waals surface area contributed by atoms with Gasteiger partial charge in [-0.05, 0) is 17.0 Å². The van der Waals surface area contributed by atoms with Crippen molar-refractivity contribution in [2.24, 2.45) is 5.92 Å². The largest absolute Gasteiger partial charge is 0.341 e. The van der Waals surface area contributed by atoms with Gasteiger partial charge in [0.15, 0.2) is 0 Å². The number of urea groups is 1. The molecule has 5 heteroatoms. The van der Waals surface area contributed by atoms with Gasteiger partial charge in [-0.25, -0.2) is 4.79 Å². The van der Waals surface area contributed by atoms with Crippen molar-refractivity contribution in [3.05, 3.63) is 71.8 Å². The van der Waals surface area contributed by atoms with Gasteiger partial charge in [0.25, 0.3) is 0 Å². The molecule has 0 radical (unpaired) electrons. The first kappa shape index (κ1) is 18.7. The van der Waals surface area contributed by atoms with Crippen molar-refractivity contribution in [3.63, 3.8) is 0 Å². The molecule has 5 nitrogen and oxygen atoms in total. The van der Waals surface area contributed by atoms with Crippen LogP contribution in [0.5, 0.6) is 0 Å². The highest BCUT2D eigenvalue weighted by molar-refractivity contribution is 5.97. The fraction of sp³-hybridized carbons (Fsp3) is 0.300. The van der Waals surface area contributed by atoms with Gasteiger partial charge in [0.05, 0.1) is 0 Å². The van der Waals surface area contributed by atoms with Crippen LogP contribution in [0.3, 0.4) is 0 Å². The molecule has 132 valence electrons. The minimum absolute atomic E-state index is 0.0261. The van der Waals surface area contributed by atoms with Gasteiger partial charge in [-0.3, -0.25) is 15.4 Å². The van der Waals surface area contributed by atoms with Crippen LogP contribution in [0.15, 0.2) is 60.7 Å². The molecular weight excluding hydrogens is 314 g/mol. The van der Waals surface area contributed by atoms with E-state index >= 15 is 0 Å². The molecule has 25 heavy (non-hydrogen) atoms. The van der Waals surface area contributed by atoms with Gasteiger partial charge >= 0.3 is 6.03 Å². The Kier molecular flexibility index (Phi) is 6.71. The monoisotopic (exact) mass is 339 g/mol. The Hall–Kier alpha value is -2.66. The average molecular weight is 339 g/mol. The highest BCUT2D eigenvalue weighted by Gasteiger charge is 2.27. The van der Waals surface area contributed by atoms with E-state index in [4.69, 9.17) is 0 Å². The third-order valence-electron chi connectivity index (χ3n) is 4.03. The van der Waals surface area contributed by atoms with Crippen LogP contribution >= 0.6 is 0 Å². The summed E-state index contributed by atoms with van der Waals surface area (Å²) < 4.78 is 0. The zero-order valence-corrected chi connectivity index (χ0v) is 14.8. The predicted molar refractivity (Wildman–Crippen MR) is 98.9 cm³/mol. The maximum Gasteiger partial charge on any atom is 0.321 e. The van der Waals surface area contributed by atoms with Gasteiger partial charge in [0, 0.05) is 13.1 Å². The first-order chi connectivity index (χ1) is 12.0. The Morgan fingerprint density at radius 2 is 1.36 bits per heavy atom. The van der Waals surface area contributed by atoms with E-state index in [1.165, 1.54) is 7.05 Å². The summed E-state index contributed by atoms with van der Waals surface area (Å²) in [5.74, 6) is -0.117. The number of imide groups is 1. The van der Waals surface area contributed by atoms with Gasteiger partial charge in [-0.15, -0.1) is 0 Å². The van der Waals surface area contributed by atoms with Crippen molar-refractivity contribution >= 4 is 11.9 Å². The lowest BCUT2D eigenvalue weighted by atomic mass is 9.94. The minimum Gasteiger partial charge on any atom is -0.341 e. The zero-order chi connectivity index (χ0) is 18.2. The van der Waals surface area contributed by atoms with E-state index in [0.717, 1.165) is 11.1 Å². The number of benzene rings is 2. The van der Waals surface area contributed by atoms with Gasteiger partial charge in [-0.1, -0.05) is 74.5 Å². The lowest BCUT2D eigenvalue weighted by Crippen LogP contribution is -2.45. The zero-order valence-electron chi connectivity index (χ0n) is 14.8. The second-order valence-corrected chi connectivity index (χ2v) is 6.21. The Bertz CT molecular complexity index is 687. The van der Waals surface area contributed by atoms with Gasteiger partial charge in [0.2, 0.25) is 5.91 Å². The Balaban J connectivity index is 2.31. The summed E-state index contributed by atoms with van der Waals surface area (Å²) in [6.07, 6.45) is 0. The summed E-state index contributed by atoms with van der Waals surface area (Å²) in [4.78, 5) is 24.2. The molecule has 0 saturated heterocycles. The SMILES string of the molecule is CNC(=O)NC(=O)[C@H](N[C@H](c1ccccc1)C(C)C)c1ccccc1. The lowest BCUT2D eigenvalue weighted by molar-refractivity contribution is -0.122. The quantitative estimate of drug-likeness (QED) is 0.757. The highest BCUT2D eigenvalue weighted by atomic mass is 16.2. The Morgan fingerprint density at radius 3 is 1.84 bits per heavy atom. The van der Waals surface area contributed by atoms with Crippen LogP contribution in [0.25, 0.3) is 0 Å². The van der Waals surface area contributed by atoms with E-state index in [0.29, 0.717) is 0 Å². The van der Waals surface area contributed by atoms with Crippen molar-refractivity contribution in [3.8, 4) is 0 Å². The van der Waals surface area contributed by atoms with Crippen LogP contribution in [-0.4, -0.2) is 19.0 Å². The molecule has 3 N–H and O–H groups in total. The molecule has 0 aromatic heterocycles. The molecule has 0 saturated carbocycles. The third-order valence-corrected chi connectivity index (χ3v) is 4.03. The molecule has 2 atom stereocenters. The number of rotatable bonds is 6.